The fourth-order valence-electron chi connectivity index (χ4n) is 1.86. The third-order valence-corrected chi connectivity index (χ3v) is 3.93. The van der Waals surface area contributed by atoms with Crippen molar-refractivity contribution in [1.29, 1.82) is 0 Å². The molecule has 2 aromatic carbocycles. The van der Waals surface area contributed by atoms with Gasteiger partial charge in [0.2, 0.25) is 0 Å². The van der Waals surface area contributed by atoms with Crippen LogP contribution in [0.4, 0.5) is 0 Å². The molecule has 0 aliphatic carbocycles. The van der Waals surface area contributed by atoms with E-state index in [2.05, 4.69) is 13.2 Å². The van der Waals surface area contributed by atoms with Gasteiger partial charge in [-0.3, -0.25) is 0 Å². The number of hydrogen-bond acceptors (Lipinski definition) is 5. The molecule has 0 atom stereocenters. The predicted octanol–water partition coefficient (Wildman–Crippen LogP) is 5.04. The Morgan fingerprint density at radius 3 is 1.38 bits per heavy atom. The Morgan fingerprint density at radius 1 is 0.750 bits per heavy atom. The Kier molecular flexibility index (Phi) is 5.99. The summed E-state index contributed by atoms with van der Waals surface area (Å²) >= 11 is 0. The number of benzene rings is 2. The van der Waals surface area contributed by atoms with Crippen molar-refractivity contribution in [3.05, 3.63) is 72.8 Å². The second kappa shape index (κ2) is 8.18. The van der Waals surface area contributed by atoms with Gasteiger partial charge in [0.25, 0.3) is 0 Å². The van der Waals surface area contributed by atoms with E-state index in [1.807, 2.05) is 0 Å². The summed E-state index contributed by atoms with van der Waals surface area (Å²) in [6.45, 7) is 7.50. The Bertz CT molecular complexity index is 672. The van der Waals surface area contributed by atoms with Gasteiger partial charge < -0.3 is 9.47 Å². The summed E-state index contributed by atoms with van der Waals surface area (Å²) in [6.07, 6.45) is 0. The van der Waals surface area contributed by atoms with E-state index in [0.717, 1.165) is 0 Å². The van der Waals surface area contributed by atoms with E-state index in [9.17, 15) is 4.57 Å². The van der Waals surface area contributed by atoms with Gasteiger partial charge >= 0.3 is 8.25 Å². The molecule has 0 bridgehead atoms. The topological polar surface area (TPSA) is 54.0 Å². The predicted molar refractivity (Wildman–Crippen MR) is 93.8 cm³/mol. The molecule has 0 unspecified atom stereocenters. The SMILES string of the molecule is C=C(O[P+](=O)OC(=C)c1ccc(OC)cc1)c1ccc(OC)cc1. The van der Waals surface area contributed by atoms with Crippen molar-refractivity contribution < 1.29 is 23.1 Å². The van der Waals surface area contributed by atoms with Crippen molar-refractivity contribution in [3.63, 3.8) is 0 Å². The fourth-order valence-corrected chi connectivity index (χ4v) is 2.47. The van der Waals surface area contributed by atoms with Gasteiger partial charge in [-0.1, -0.05) is 0 Å². The third kappa shape index (κ3) is 4.61. The molecule has 5 nitrogen and oxygen atoms in total. The number of ether oxygens (including phenoxy) is 2. The lowest BCUT2D eigenvalue weighted by Gasteiger charge is -2.03. The van der Waals surface area contributed by atoms with Gasteiger partial charge in [-0.05, 0) is 61.7 Å². The highest BCUT2D eigenvalue weighted by Crippen LogP contribution is 2.36. The lowest BCUT2D eigenvalue weighted by molar-refractivity contribution is 0.383. The molecule has 0 N–H and O–H groups in total. The normalized spacial score (nSPS) is 9.75. The number of rotatable bonds is 8. The molecule has 0 aliphatic rings. The minimum Gasteiger partial charge on any atom is -0.497 e. The molecule has 0 radical (unpaired) electrons. The zero-order valence-corrected chi connectivity index (χ0v) is 14.4. The molecule has 0 heterocycles. The fraction of sp³-hybridized carbons (Fsp3) is 0.111. The van der Waals surface area contributed by atoms with Crippen LogP contribution in [-0.2, 0) is 13.6 Å². The first-order chi connectivity index (χ1) is 11.5. The quantitative estimate of drug-likeness (QED) is 0.496. The molecule has 2 rings (SSSR count). The van der Waals surface area contributed by atoms with E-state index in [1.54, 1.807) is 62.8 Å². The van der Waals surface area contributed by atoms with E-state index in [1.165, 1.54) is 0 Å². The first-order valence-electron chi connectivity index (χ1n) is 7.03. The molecule has 0 saturated carbocycles. The molecular weight excluding hydrogens is 327 g/mol. The monoisotopic (exact) mass is 345 g/mol. The van der Waals surface area contributed by atoms with Crippen LogP contribution in [0.3, 0.4) is 0 Å². The van der Waals surface area contributed by atoms with Crippen LogP contribution in [0.1, 0.15) is 11.1 Å². The van der Waals surface area contributed by atoms with Gasteiger partial charge in [0.05, 0.1) is 14.2 Å². The van der Waals surface area contributed by atoms with Gasteiger partial charge in [-0.15, -0.1) is 0 Å². The lowest BCUT2D eigenvalue weighted by atomic mass is 10.2. The highest BCUT2D eigenvalue weighted by Gasteiger charge is 2.26. The lowest BCUT2D eigenvalue weighted by Crippen LogP contribution is -1.89. The van der Waals surface area contributed by atoms with Crippen LogP contribution in [0.25, 0.3) is 11.5 Å². The van der Waals surface area contributed by atoms with E-state index >= 15 is 0 Å². The maximum atomic E-state index is 12.0. The largest absolute Gasteiger partial charge is 0.805 e. The van der Waals surface area contributed by atoms with Crippen LogP contribution in [0, 0.1) is 0 Å². The van der Waals surface area contributed by atoms with Gasteiger partial charge in [0.1, 0.15) is 11.5 Å². The van der Waals surface area contributed by atoms with Crippen molar-refractivity contribution in [2.24, 2.45) is 0 Å². The number of hydrogen-bond donors (Lipinski definition) is 0. The second-order valence-corrected chi connectivity index (χ2v) is 5.52. The highest BCUT2D eigenvalue weighted by molar-refractivity contribution is 7.34. The van der Waals surface area contributed by atoms with Gasteiger partial charge in [-0.2, -0.15) is 0 Å². The van der Waals surface area contributed by atoms with Crippen LogP contribution < -0.4 is 9.47 Å². The summed E-state index contributed by atoms with van der Waals surface area (Å²) in [5.41, 5.74) is 1.36. The molecule has 0 fully saturated rings. The van der Waals surface area contributed by atoms with Crippen LogP contribution >= 0.6 is 8.25 Å². The van der Waals surface area contributed by atoms with Crippen LogP contribution in [0.5, 0.6) is 11.5 Å². The summed E-state index contributed by atoms with van der Waals surface area (Å²) in [5.74, 6) is 1.89. The maximum absolute atomic E-state index is 12.0. The Balaban J connectivity index is 1.93. The highest BCUT2D eigenvalue weighted by atomic mass is 31.1. The van der Waals surface area contributed by atoms with Crippen LogP contribution in [0.2, 0.25) is 0 Å². The smallest absolute Gasteiger partial charge is 0.497 e. The molecule has 6 heteroatoms. The molecule has 124 valence electrons. The van der Waals surface area contributed by atoms with E-state index in [0.29, 0.717) is 22.6 Å². The third-order valence-electron chi connectivity index (χ3n) is 3.19. The first-order valence-corrected chi connectivity index (χ1v) is 8.13. The average Bonchev–Trinajstić information content (AvgIpc) is 2.61. The summed E-state index contributed by atoms with van der Waals surface area (Å²) in [6, 6.07) is 14.0. The molecule has 0 amide bonds. The maximum Gasteiger partial charge on any atom is 0.805 e. The van der Waals surface area contributed by atoms with Crippen molar-refractivity contribution in [3.8, 4) is 11.5 Å². The Hall–Kier alpha value is -2.78. The molecule has 2 aromatic rings. The zero-order chi connectivity index (χ0) is 17.5. The second-order valence-electron chi connectivity index (χ2n) is 4.71. The standard InChI is InChI=1S/C18H18O5P/c1-13(15-5-9-17(20-3)10-6-15)22-24(19)23-14(2)16-7-11-18(21-4)12-8-16/h5-12H,1-2H2,3-4H3/q+1. The summed E-state index contributed by atoms with van der Waals surface area (Å²) in [5, 5.41) is 0. The van der Waals surface area contributed by atoms with Crippen molar-refractivity contribution in [2.75, 3.05) is 14.2 Å². The Morgan fingerprint density at radius 2 is 1.08 bits per heavy atom. The van der Waals surface area contributed by atoms with Crippen molar-refractivity contribution in [1.82, 2.24) is 0 Å². The van der Waals surface area contributed by atoms with Crippen LogP contribution in [-0.4, -0.2) is 14.2 Å². The molecule has 0 aromatic heterocycles. The summed E-state index contributed by atoms with van der Waals surface area (Å²) in [4.78, 5) is 0. The van der Waals surface area contributed by atoms with Gasteiger partial charge in [0.15, 0.2) is 11.5 Å². The molecule has 24 heavy (non-hydrogen) atoms. The van der Waals surface area contributed by atoms with Gasteiger partial charge in [-0.25, -0.2) is 9.05 Å². The van der Waals surface area contributed by atoms with Gasteiger partial charge in [0, 0.05) is 15.7 Å². The van der Waals surface area contributed by atoms with Crippen molar-refractivity contribution in [2.45, 2.75) is 0 Å². The molecular formula is C18H18O5P+. The number of methoxy groups -OCH3 is 2. The summed E-state index contributed by atoms with van der Waals surface area (Å²) in [7, 11) is 0.718. The Labute approximate surface area is 142 Å². The van der Waals surface area contributed by atoms with E-state index < -0.39 is 8.25 Å². The minimum atomic E-state index is -2.44. The zero-order valence-electron chi connectivity index (χ0n) is 13.5. The van der Waals surface area contributed by atoms with Crippen molar-refractivity contribution >= 4 is 19.8 Å². The molecule has 0 aliphatic heterocycles. The van der Waals surface area contributed by atoms with Crippen LogP contribution in [0.15, 0.2) is 61.7 Å². The van der Waals surface area contributed by atoms with E-state index in [-0.39, 0.29) is 11.5 Å². The molecule has 0 saturated heterocycles. The summed E-state index contributed by atoms with van der Waals surface area (Å²) < 4.78 is 32.6. The first kappa shape index (κ1) is 17.6. The van der Waals surface area contributed by atoms with E-state index in [4.69, 9.17) is 18.5 Å². The average molecular weight is 345 g/mol. The minimum absolute atomic E-state index is 0.237. The molecule has 0 spiro atoms.